The number of nitrogens with zero attached hydrogens (tertiary/aromatic N) is 3. The molecule has 0 saturated heterocycles. The molecule has 0 spiro atoms. The quantitative estimate of drug-likeness (QED) is 0.870. The van der Waals surface area contributed by atoms with Gasteiger partial charge in [-0.15, -0.1) is 11.3 Å². The fourth-order valence-electron chi connectivity index (χ4n) is 2.33. The van der Waals surface area contributed by atoms with Crippen LogP contribution in [0.2, 0.25) is 0 Å². The molecule has 20 heavy (non-hydrogen) atoms. The topological polar surface area (TPSA) is 38.1 Å². The Kier molecular flexibility index (Phi) is 4.30. The highest BCUT2D eigenvalue weighted by atomic mass is 32.1. The Hall–Kier alpha value is -1.20. The van der Waals surface area contributed by atoms with Crippen molar-refractivity contribution in [2.75, 3.05) is 14.1 Å². The maximum absolute atomic E-state index is 12.8. The van der Waals surface area contributed by atoms with Crippen LogP contribution in [0, 0.1) is 19.8 Å². The van der Waals surface area contributed by atoms with Crippen molar-refractivity contribution in [3.63, 3.8) is 0 Å². The number of fused-ring (bicyclic) bond motifs is 1. The van der Waals surface area contributed by atoms with E-state index in [1.54, 1.807) is 11.3 Å². The molecular formula is C15H23N3OS. The highest BCUT2D eigenvalue weighted by Gasteiger charge is 2.17. The summed E-state index contributed by atoms with van der Waals surface area (Å²) in [5.74, 6) is 1.29. The molecule has 0 amide bonds. The lowest BCUT2D eigenvalue weighted by Crippen LogP contribution is -2.29. The lowest BCUT2D eigenvalue weighted by molar-refractivity contribution is 0.368. The first-order valence-corrected chi connectivity index (χ1v) is 7.77. The van der Waals surface area contributed by atoms with Crippen LogP contribution in [0.15, 0.2) is 4.79 Å². The van der Waals surface area contributed by atoms with E-state index in [2.05, 4.69) is 25.7 Å². The lowest BCUT2D eigenvalue weighted by atomic mass is 10.2. The van der Waals surface area contributed by atoms with Crippen molar-refractivity contribution in [1.82, 2.24) is 14.5 Å². The largest absolute Gasteiger partial charge is 0.302 e. The molecule has 4 nitrogen and oxygen atoms in total. The van der Waals surface area contributed by atoms with Crippen molar-refractivity contribution >= 4 is 21.6 Å². The van der Waals surface area contributed by atoms with E-state index >= 15 is 0 Å². The highest BCUT2D eigenvalue weighted by molar-refractivity contribution is 7.18. The molecular weight excluding hydrogens is 270 g/mol. The van der Waals surface area contributed by atoms with Gasteiger partial charge in [-0.1, -0.05) is 13.8 Å². The summed E-state index contributed by atoms with van der Waals surface area (Å²) in [6, 6.07) is 0. The molecule has 0 aliphatic carbocycles. The van der Waals surface area contributed by atoms with E-state index < -0.39 is 0 Å². The summed E-state index contributed by atoms with van der Waals surface area (Å²) in [6.07, 6.45) is 0. The summed E-state index contributed by atoms with van der Waals surface area (Å²) in [7, 11) is 4.00. The number of aryl methyl sites for hydroxylation is 2. The van der Waals surface area contributed by atoms with Crippen LogP contribution in [0.25, 0.3) is 10.2 Å². The van der Waals surface area contributed by atoms with Crippen LogP contribution in [-0.2, 0) is 13.1 Å². The van der Waals surface area contributed by atoms with Crippen molar-refractivity contribution in [2.45, 2.75) is 40.8 Å². The predicted octanol–water partition coefficient (Wildman–Crippen LogP) is 2.79. The average molecular weight is 293 g/mol. The second-order valence-electron chi connectivity index (χ2n) is 6.04. The van der Waals surface area contributed by atoms with E-state index in [9.17, 15) is 4.79 Å². The molecule has 0 aliphatic rings. The van der Waals surface area contributed by atoms with Gasteiger partial charge in [-0.3, -0.25) is 9.36 Å². The van der Waals surface area contributed by atoms with Crippen molar-refractivity contribution in [1.29, 1.82) is 0 Å². The summed E-state index contributed by atoms with van der Waals surface area (Å²) >= 11 is 1.62. The fraction of sp³-hybridized carbons (Fsp3) is 0.600. The molecule has 0 aliphatic heterocycles. The van der Waals surface area contributed by atoms with Crippen LogP contribution >= 0.6 is 11.3 Å². The number of thiophene rings is 1. The Balaban J connectivity index is 2.73. The summed E-state index contributed by atoms with van der Waals surface area (Å²) in [5, 5.41) is 0.802. The van der Waals surface area contributed by atoms with E-state index in [1.807, 2.05) is 25.6 Å². The van der Waals surface area contributed by atoms with Crippen LogP contribution in [0.4, 0.5) is 0 Å². The molecule has 110 valence electrons. The predicted molar refractivity (Wildman–Crippen MR) is 85.6 cm³/mol. The standard InChI is InChI=1S/C15H23N3OS/c1-9(2)7-18-12(8-17(5)6)16-14-13(15(18)19)10(3)11(4)20-14/h9H,7-8H2,1-6H3. The molecule has 0 radical (unpaired) electrons. The molecule has 0 aromatic carbocycles. The van der Waals surface area contributed by atoms with Gasteiger partial charge in [0.05, 0.1) is 11.9 Å². The van der Waals surface area contributed by atoms with Gasteiger partial charge < -0.3 is 4.90 Å². The summed E-state index contributed by atoms with van der Waals surface area (Å²) in [4.78, 5) is 21.7. The Morgan fingerprint density at radius 2 is 1.95 bits per heavy atom. The zero-order chi connectivity index (χ0) is 15.0. The molecule has 2 aromatic rings. The molecule has 0 fully saturated rings. The summed E-state index contributed by atoms with van der Waals surface area (Å²) in [6.45, 7) is 9.74. The zero-order valence-corrected chi connectivity index (χ0v) is 14.0. The summed E-state index contributed by atoms with van der Waals surface area (Å²) in [5.41, 5.74) is 1.19. The maximum Gasteiger partial charge on any atom is 0.262 e. The number of hydrogen-bond acceptors (Lipinski definition) is 4. The number of aromatic nitrogens is 2. The molecule has 2 rings (SSSR count). The molecule has 0 bridgehead atoms. The SMILES string of the molecule is Cc1sc2nc(CN(C)C)n(CC(C)C)c(=O)c2c1C. The van der Waals surface area contributed by atoms with Crippen LogP contribution in [-0.4, -0.2) is 28.5 Å². The normalized spacial score (nSPS) is 12.0. The zero-order valence-electron chi connectivity index (χ0n) is 13.1. The van der Waals surface area contributed by atoms with E-state index in [0.717, 1.165) is 28.1 Å². The number of rotatable bonds is 4. The van der Waals surface area contributed by atoms with Gasteiger partial charge in [0.1, 0.15) is 10.7 Å². The lowest BCUT2D eigenvalue weighted by Gasteiger charge is -2.17. The van der Waals surface area contributed by atoms with E-state index in [1.165, 1.54) is 4.88 Å². The van der Waals surface area contributed by atoms with Crippen molar-refractivity contribution in [2.24, 2.45) is 5.92 Å². The monoisotopic (exact) mass is 293 g/mol. The first-order chi connectivity index (χ1) is 9.31. The van der Waals surface area contributed by atoms with E-state index in [0.29, 0.717) is 12.5 Å². The smallest absolute Gasteiger partial charge is 0.262 e. The van der Waals surface area contributed by atoms with Gasteiger partial charge in [-0.25, -0.2) is 4.98 Å². The minimum absolute atomic E-state index is 0.113. The Bertz CT molecular complexity index is 682. The van der Waals surface area contributed by atoms with Gasteiger partial charge in [0.2, 0.25) is 0 Å². The van der Waals surface area contributed by atoms with E-state index in [4.69, 9.17) is 4.98 Å². The number of hydrogen-bond donors (Lipinski definition) is 0. The second-order valence-corrected chi connectivity index (χ2v) is 7.24. The van der Waals surface area contributed by atoms with Gasteiger partial charge in [0, 0.05) is 11.4 Å². The molecule has 0 N–H and O–H groups in total. The molecule has 0 atom stereocenters. The second kappa shape index (κ2) is 5.66. The highest BCUT2D eigenvalue weighted by Crippen LogP contribution is 2.26. The Morgan fingerprint density at radius 1 is 1.30 bits per heavy atom. The van der Waals surface area contributed by atoms with Crippen LogP contribution < -0.4 is 5.56 Å². The summed E-state index contributed by atoms with van der Waals surface area (Å²) < 4.78 is 1.85. The van der Waals surface area contributed by atoms with Gasteiger partial charge in [-0.2, -0.15) is 0 Å². The minimum Gasteiger partial charge on any atom is -0.302 e. The third-order valence-electron chi connectivity index (χ3n) is 3.37. The van der Waals surface area contributed by atoms with Crippen molar-refractivity contribution in [3.05, 3.63) is 26.6 Å². The van der Waals surface area contributed by atoms with Crippen LogP contribution in [0.5, 0.6) is 0 Å². The van der Waals surface area contributed by atoms with Gasteiger partial charge in [0.15, 0.2) is 0 Å². The van der Waals surface area contributed by atoms with Gasteiger partial charge in [0.25, 0.3) is 5.56 Å². The van der Waals surface area contributed by atoms with Crippen LogP contribution in [0.3, 0.4) is 0 Å². The molecule has 5 heteroatoms. The van der Waals surface area contributed by atoms with E-state index in [-0.39, 0.29) is 5.56 Å². The first-order valence-electron chi connectivity index (χ1n) is 6.95. The maximum atomic E-state index is 12.8. The van der Waals surface area contributed by atoms with Crippen LogP contribution in [0.1, 0.15) is 30.1 Å². The third-order valence-corrected chi connectivity index (χ3v) is 4.47. The fourth-order valence-corrected chi connectivity index (χ4v) is 3.37. The average Bonchev–Trinajstić information content (AvgIpc) is 2.59. The molecule has 0 unspecified atom stereocenters. The third kappa shape index (κ3) is 2.79. The van der Waals surface area contributed by atoms with Gasteiger partial charge >= 0.3 is 0 Å². The molecule has 0 saturated carbocycles. The molecule has 2 heterocycles. The molecule has 2 aromatic heterocycles. The van der Waals surface area contributed by atoms with Crippen molar-refractivity contribution < 1.29 is 0 Å². The minimum atomic E-state index is 0.113. The Morgan fingerprint density at radius 3 is 2.50 bits per heavy atom. The Labute approximate surface area is 124 Å². The van der Waals surface area contributed by atoms with Crippen molar-refractivity contribution in [3.8, 4) is 0 Å². The van der Waals surface area contributed by atoms with Gasteiger partial charge in [-0.05, 0) is 39.4 Å². The first kappa shape index (κ1) is 15.2.